The van der Waals surface area contributed by atoms with Gasteiger partial charge < -0.3 is 10.8 Å². The predicted octanol–water partition coefficient (Wildman–Crippen LogP) is 2.30. The van der Waals surface area contributed by atoms with Gasteiger partial charge in [-0.1, -0.05) is 0 Å². The molecular formula is C10H12F3NO. The van der Waals surface area contributed by atoms with E-state index in [1.54, 1.807) is 6.92 Å². The van der Waals surface area contributed by atoms with Gasteiger partial charge in [-0.15, -0.1) is 0 Å². The maximum absolute atomic E-state index is 12.3. The Morgan fingerprint density at radius 1 is 1.40 bits per heavy atom. The molecule has 84 valence electrons. The van der Waals surface area contributed by atoms with Crippen LogP contribution in [0.5, 0.6) is 5.75 Å². The summed E-state index contributed by atoms with van der Waals surface area (Å²) >= 11 is 0. The molecule has 0 radical (unpaired) electrons. The van der Waals surface area contributed by atoms with E-state index in [2.05, 4.69) is 0 Å². The van der Waals surface area contributed by atoms with Crippen LogP contribution in [-0.2, 0) is 12.6 Å². The molecule has 0 amide bonds. The summed E-state index contributed by atoms with van der Waals surface area (Å²) in [5.41, 5.74) is 4.91. The number of phenolic OH excluding ortho intramolecular Hbond substituents is 1. The fraction of sp³-hybridized carbons (Fsp3) is 0.400. The quantitative estimate of drug-likeness (QED) is 0.801. The van der Waals surface area contributed by atoms with Crippen molar-refractivity contribution in [3.8, 4) is 5.75 Å². The van der Waals surface area contributed by atoms with Crippen LogP contribution in [0, 0.1) is 0 Å². The van der Waals surface area contributed by atoms with Crippen LogP contribution in [0.4, 0.5) is 13.2 Å². The van der Waals surface area contributed by atoms with Gasteiger partial charge in [0.1, 0.15) is 5.75 Å². The van der Waals surface area contributed by atoms with Gasteiger partial charge in [-0.25, -0.2) is 0 Å². The van der Waals surface area contributed by atoms with Gasteiger partial charge in [0.15, 0.2) is 0 Å². The molecule has 1 rings (SSSR count). The smallest absolute Gasteiger partial charge is 0.416 e. The second-order valence-corrected chi connectivity index (χ2v) is 3.52. The Balaban J connectivity index is 3.06. The first-order valence-corrected chi connectivity index (χ1v) is 4.45. The zero-order valence-corrected chi connectivity index (χ0v) is 8.17. The van der Waals surface area contributed by atoms with E-state index in [0.29, 0.717) is 0 Å². The molecule has 0 saturated heterocycles. The van der Waals surface area contributed by atoms with Gasteiger partial charge in [-0.05, 0) is 37.1 Å². The molecule has 1 atom stereocenters. The highest BCUT2D eigenvalue weighted by Crippen LogP contribution is 2.32. The Hall–Kier alpha value is -1.23. The van der Waals surface area contributed by atoms with Gasteiger partial charge in [0, 0.05) is 6.04 Å². The topological polar surface area (TPSA) is 46.2 Å². The van der Waals surface area contributed by atoms with Crippen molar-refractivity contribution in [1.29, 1.82) is 0 Å². The number of hydrogen-bond donors (Lipinski definition) is 2. The second kappa shape index (κ2) is 4.10. The third-order valence-corrected chi connectivity index (χ3v) is 1.95. The number of nitrogens with two attached hydrogens (primary N) is 1. The van der Waals surface area contributed by atoms with E-state index in [9.17, 15) is 18.3 Å². The molecule has 0 aliphatic heterocycles. The third-order valence-electron chi connectivity index (χ3n) is 1.95. The Labute approximate surface area is 85.5 Å². The summed E-state index contributed by atoms with van der Waals surface area (Å²) in [6.07, 6.45) is -4.17. The van der Waals surface area contributed by atoms with Gasteiger partial charge >= 0.3 is 6.18 Å². The summed E-state index contributed by atoms with van der Waals surface area (Å²) < 4.78 is 37.0. The summed E-state index contributed by atoms with van der Waals surface area (Å²) in [5.74, 6) is -0.152. The molecule has 15 heavy (non-hydrogen) atoms. The summed E-state index contributed by atoms with van der Waals surface area (Å²) in [5, 5.41) is 9.33. The van der Waals surface area contributed by atoms with E-state index in [1.165, 1.54) is 0 Å². The van der Waals surface area contributed by atoms with Crippen molar-refractivity contribution < 1.29 is 18.3 Å². The minimum Gasteiger partial charge on any atom is -0.508 e. The average molecular weight is 219 g/mol. The first kappa shape index (κ1) is 11.8. The molecule has 0 heterocycles. The van der Waals surface area contributed by atoms with Gasteiger partial charge in [0.2, 0.25) is 0 Å². The zero-order valence-electron chi connectivity index (χ0n) is 8.17. The van der Waals surface area contributed by atoms with E-state index in [-0.39, 0.29) is 23.8 Å². The third kappa shape index (κ3) is 3.13. The number of benzene rings is 1. The van der Waals surface area contributed by atoms with Crippen molar-refractivity contribution in [2.45, 2.75) is 25.6 Å². The summed E-state index contributed by atoms with van der Waals surface area (Å²) in [4.78, 5) is 0. The van der Waals surface area contributed by atoms with E-state index in [0.717, 1.165) is 18.2 Å². The molecule has 1 aromatic carbocycles. The van der Waals surface area contributed by atoms with Crippen LogP contribution < -0.4 is 5.73 Å². The van der Waals surface area contributed by atoms with Crippen LogP contribution in [0.1, 0.15) is 18.1 Å². The number of phenols is 1. The molecule has 0 fully saturated rings. The number of hydrogen-bond acceptors (Lipinski definition) is 2. The molecule has 0 aromatic heterocycles. The van der Waals surface area contributed by atoms with E-state index in [4.69, 9.17) is 5.73 Å². The lowest BCUT2D eigenvalue weighted by atomic mass is 10.0. The highest BCUT2D eigenvalue weighted by Gasteiger charge is 2.30. The molecule has 2 nitrogen and oxygen atoms in total. The number of rotatable bonds is 2. The molecule has 0 bridgehead atoms. The summed E-state index contributed by atoms with van der Waals surface area (Å²) in [6, 6.07) is 2.53. The Morgan fingerprint density at radius 3 is 2.47 bits per heavy atom. The van der Waals surface area contributed by atoms with Crippen LogP contribution in [0.3, 0.4) is 0 Å². The Morgan fingerprint density at radius 2 is 2.00 bits per heavy atom. The van der Waals surface area contributed by atoms with Crippen molar-refractivity contribution in [2.75, 3.05) is 0 Å². The van der Waals surface area contributed by atoms with Crippen molar-refractivity contribution >= 4 is 0 Å². The summed E-state index contributed by atoms with van der Waals surface area (Å²) in [6.45, 7) is 1.67. The van der Waals surface area contributed by atoms with E-state index >= 15 is 0 Å². The monoisotopic (exact) mass is 219 g/mol. The van der Waals surface area contributed by atoms with Crippen LogP contribution in [0.15, 0.2) is 18.2 Å². The minimum absolute atomic E-state index is 0.152. The minimum atomic E-state index is -4.39. The number of alkyl halides is 3. The van der Waals surface area contributed by atoms with Crippen molar-refractivity contribution in [3.05, 3.63) is 29.3 Å². The van der Waals surface area contributed by atoms with Crippen LogP contribution >= 0.6 is 0 Å². The maximum atomic E-state index is 12.3. The van der Waals surface area contributed by atoms with E-state index in [1.807, 2.05) is 0 Å². The van der Waals surface area contributed by atoms with Crippen LogP contribution in [-0.4, -0.2) is 11.1 Å². The fourth-order valence-corrected chi connectivity index (χ4v) is 1.27. The summed E-state index contributed by atoms with van der Waals surface area (Å²) in [7, 11) is 0. The molecule has 0 aliphatic rings. The lowest BCUT2D eigenvalue weighted by Crippen LogP contribution is -2.18. The van der Waals surface area contributed by atoms with E-state index < -0.39 is 11.7 Å². The van der Waals surface area contributed by atoms with Crippen molar-refractivity contribution in [3.63, 3.8) is 0 Å². The lowest BCUT2D eigenvalue weighted by molar-refractivity contribution is -0.137. The molecule has 3 N–H and O–H groups in total. The molecular weight excluding hydrogens is 207 g/mol. The Bertz CT molecular complexity index is 347. The maximum Gasteiger partial charge on any atom is 0.416 e. The largest absolute Gasteiger partial charge is 0.508 e. The lowest BCUT2D eigenvalue weighted by Gasteiger charge is -2.11. The van der Waals surface area contributed by atoms with Gasteiger partial charge in [0.05, 0.1) is 5.56 Å². The standard InChI is InChI=1S/C10H12F3NO/c1-6(14)4-7-5-8(10(11,12)13)2-3-9(7)15/h2-3,5-6,15H,4,14H2,1H3. The van der Waals surface area contributed by atoms with Crippen molar-refractivity contribution in [1.82, 2.24) is 0 Å². The average Bonchev–Trinajstić information content (AvgIpc) is 2.06. The Kier molecular flexibility index (Phi) is 3.24. The van der Waals surface area contributed by atoms with Crippen LogP contribution in [0.2, 0.25) is 0 Å². The SMILES string of the molecule is CC(N)Cc1cc(C(F)(F)F)ccc1O. The molecule has 0 aliphatic carbocycles. The van der Waals surface area contributed by atoms with Gasteiger partial charge in [-0.2, -0.15) is 13.2 Å². The fourth-order valence-electron chi connectivity index (χ4n) is 1.27. The molecule has 0 spiro atoms. The highest BCUT2D eigenvalue weighted by atomic mass is 19.4. The number of halogens is 3. The second-order valence-electron chi connectivity index (χ2n) is 3.52. The first-order valence-electron chi connectivity index (χ1n) is 4.45. The molecule has 5 heteroatoms. The van der Waals surface area contributed by atoms with Crippen molar-refractivity contribution in [2.24, 2.45) is 5.73 Å². The first-order chi connectivity index (χ1) is 6.80. The zero-order chi connectivity index (χ0) is 11.6. The highest BCUT2D eigenvalue weighted by molar-refractivity contribution is 5.37. The number of aromatic hydroxyl groups is 1. The van der Waals surface area contributed by atoms with Crippen LogP contribution in [0.25, 0.3) is 0 Å². The molecule has 0 saturated carbocycles. The molecule has 1 aromatic rings. The van der Waals surface area contributed by atoms with Gasteiger partial charge in [-0.3, -0.25) is 0 Å². The molecule has 1 unspecified atom stereocenters. The normalized spacial score (nSPS) is 13.9. The predicted molar refractivity (Wildman–Crippen MR) is 50.5 cm³/mol. The van der Waals surface area contributed by atoms with Gasteiger partial charge in [0.25, 0.3) is 0 Å².